The fourth-order valence-corrected chi connectivity index (χ4v) is 1.68. The summed E-state index contributed by atoms with van der Waals surface area (Å²) in [5, 5.41) is 3.28. The highest BCUT2D eigenvalue weighted by atomic mass is 19.1. The van der Waals surface area contributed by atoms with E-state index >= 15 is 0 Å². The van der Waals surface area contributed by atoms with Crippen LogP contribution in [0.1, 0.15) is 40.0 Å². The first-order chi connectivity index (χ1) is 7.65. The molecule has 0 amide bonds. The molecule has 16 heavy (non-hydrogen) atoms. The van der Waals surface area contributed by atoms with Crippen molar-refractivity contribution in [3.63, 3.8) is 0 Å². The maximum Gasteiger partial charge on any atom is 0.214 e. The molecule has 0 saturated heterocycles. The summed E-state index contributed by atoms with van der Waals surface area (Å²) in [5.74, 6) is 0.893. The number of anilines is 1. The molecule has 1 N–H and O–H groups in total. The largest absolute Gasteiger partial charge is 0.367 e. The average molecular weight is 224 g/mol. The minimum absolute atomic E-state index is 0.379. The molecule has 0 bridgehead atoms. The molecule has 90 valence electrons. The quantitative estimate of drug-likeness (QED) is 0.742. The molecule has 2 nitrogen and oxygen atoms in total. The summed E-state index contributed by atoms with van der Waals surface area (Å²) < 4.78 is 12.9. The van der Waals surface area contributed by atoms with Gasteiger partial charge in [0.2, 0.25) is 5.95 Å². The number of nitrogens with zero attached hydrogens (tertiary/aromatic N) is 1. The first-order valence-electron chi connectivity index (χ1n) is 6.04. The lowest BCUT2D eigenvalue weighted by molar-refractivity contribution is 0.460. The minimum Gasteiger partial charge on any atom is -0.367 e. The predicted octanol–water partition coefficient (Wildman–Crippen LogP) is 3.85. The molecule has 1 aromatic rings. The van der Waals surface area contributed by atoms with E-state index in [2.05, 4.69) is 31.1 Å². The summed E-state index contributed by atoms with van der Waals surface area (Å²) in [4.78, 5) is 3.82. The molecule has 0 aromatic carbocycles. The first kappa shape index (κ1) is 12.9. The molecule has 1 rings (SSSR count). The molecule has 2 atom stereocenters. The monoisotopic (exact) mass is 224 g/mol. The van der Waals surface area contributed by atoms with Gasteiger partial charge < -0.3 is 5.32 Å². The second-order valence-corrected chi connectivity index (χ2v) is 4.34. The molecular formula is C13H21FN2. The van der Waals surface area contributed by atoms with Gasteiger partial charge in [0.15, 0.2) is 0 Å². The topological polar surface area (TPSA) is 24.9 Å². The van der Waals surface area contributed by atoms with Crippen molar-refractivity contribution >= 4 is 5.82 Å². The van der Waals surface area contributed by atoms with E-state index in [1.807, 2.05) is 6.07 Å². The van der Waals surface area contributed by atoms with Gasteiger partial charge in [-0.05, 0) is 30.9 Å². The number of hydrogen-bond acceptors (Lipinski definition) is 2. The van der Waals surface area contributed by atoms with Crippen LogP contribution in [0.4, 0.5) is 10.2 Å². The van der Waals surface area contributed by atoms with Crippen LogP contribution in [-0.4, -0.2) is 11.0 Å². The lowest BCUT2D eigenvalue weighted by Crippen LogP contribution is -2.22. The zero-order valence-corrected chi connectivity index (χ0v) is 10.3. The Morgan fingerprint density at radius 2 is 2.06 bits per heavy atom. The van der Waals surface area contributed by atoms with E-state index in [0.717, 1.165) is 12.8 Å². The van der Waals surface area contributed by atoms with Crippen LogP contribution in [0.3, 0.4) is 0 Å². The van der Waals surface area contributed by atoms with Crippen molar-refractivity contribution in [1.82, 2.24) is 4.98 Å². The Labute approximate surface area is 97.3 Å². The van der Waals surface area contributed by atoms with Crippen LogP contribution in [0.15, 0.2) is 18.2 Å². The van der Waals surface area contributed by atoms with E-state index in [4.69, 9.17) is 0 Å². The molecule has 0 radical (unpaired) electrons. The molecule has 0 aliphatic carbocycles. The number of halogens is 1. The minimum atomic E-state index is -0.427. The van der Waals surface area contributed by atoms with Crippen molar-refractivity contribution in [3.05, 3.63) is 24.1 Å². The molecule has 0 saturated carbocycles. The van der Waals surface area contributed by atoms with Crippen molar-refractivity contribution in [2.24, 2.45) is 5.92 Å². The molecule has 0 aliphatic heterocycles. The fraction of sp³-hybridized carbons (Fsp3) is 0.615. The molecule has 1 heterocycles. The van der Waals surface area contributed by atoms with Crippen LogP contribution in [0.2, 0.25) is 0 Å². The van der Waals surface area contributed by atoms with E-state index in [1.54, 1.807) is 6.07 Å². The average Bonchev–Trinajstić information content (AvgIpc) is 2.28. The van der Waals surface area contributed by atoms with E-state index < -0.39 is 5.95 Å². The Morgan fingerprint density at radius 1 is 1.31 bits per heavy atom. The van der Waals surface area contributed by atoms with Crippen LogP contribution in [-0.2, 0) is 0 Å². The second kappa shape index (κ2) is 6.46. The van der Waals surface area contributed by atoms with Gasteiger partial charge in [0, 0.05) is 6.04 Å². The zero-order chi connectivity index (χ0) is 12.0. The lowest BCUT2D eigenvalue weighted by Gasteiger charge is -2.20. The molecular weight excluding hydrogens is 203 g/mol. The van der Waals surface area contributed by atoms with Gasteiger partial charge in [-0.1, -0.05) is 33.3 Å². The Kier molecular flexibility index (Phi) is 5.23. The van der Waals surface area contributed by atoms with Gasteiger partial charge in [-0.15, -0.1) is 0 Å². The SMILES string of the molecule is CCC(C)CC(CC)Nc1cccc(F)n1. The summed E-state index contributed by atoms with van der Waals surface area (Å²) in [7, 11) is 0. The molecule has 0 spiro atoms. The van der Waals surface area contributed by atoms with Crippen molar-refractivity contribution < 1.29 is 4.39 Å². The normalized spacial score (nSPS) is 14.5. The highest BCUT2D eigenvalue weighted by molar-refractivity contribution is 5.34. The van der Waals surface area contributed by atoms with Crippen LogP contribution in [0, 0.1) is 11.9 Å². The van der Waals surface area contributed by atoms with Crippen molar-refractivity contribution in [3.8, 4) is 0 Å². The van der Waals surface area contributed by atoms with E-state index in [-0.39, 0.29) is 0 Å². The van der Waals surface area contributed by atoms with Crippen molar-refractivity contribution in [1.29, 1.82) is 0 Å². The molecule has 2 unspecified atom stereocenters. The molecule has 3 heteroatoms. The maximum atomic E-state index is 12.9. The Hall–Kier alpha value is -1.12. The summed E-state index contributed by atoms with van der Waals surface area (Å²) in [6, 6.07) is 5.23. The van der Waals surface area contributed by atoms with Crippen LogP contribution >= 0.6 is 0 Å². The van der Waals surface area contributed by atoms with E-state index in [0.29, 0.717) is 17.8 Å². The maximum absolute atomic E-state index is 12.9. The molecule has 1 aromatic heterocycles. The lowest BCUT2D eigenvalue weighted by atomic mass is 9.98. The third kappa shape index (κ3) is 4.17. The van der Waals surface area contributed by atoms with Crippen LogP contribution in [0.5, 0.6) is 0 Å². The third-order valence-electron chi connectivity index (χ3n) is 2.94. The Morgan fingerprint density at radius 3 is 2.62 bits per heavy atom. The van der Waals surface area contributed by atoms with Crippen molar-refractivity contribution in [2.75, 3.05) is 5.32 Å². The number of aromatic nitrogens is 1. The van der Waals surface area contributed by atoms with Gasteiger partial charge in [-0.2, -0.15) is 4.39 Å². The number of pyridine rings is 1. The molecule has 0 aliphatic rings. The van der Waals surface area contributed by atoms with E-state index in [1.165, 1.54) is 12.5 Å². The van der Waals surface area contributed by atoms with E-state index in [9.17, 15) is 4.39 Å². The molecule has 0 fully saturated rings. The highest BCUT2D eigenvalue weighted by Crippen LogP contribution is 2.16. The van der Waals surface area contributed by atoms with Crippen LogP contribution in [0.25, 0.3) is 0 Å². The standard InChI is InChI=1S/C13H21FN2/c1-4-10(3)9-11(5-2)15-13-8-6-7-12(14)16-13/h6-8,10-11H,4-5,9H2,1-3H3,(H,15,16). The highest BCUT2D eigenvalue weighted by Gasteiger charge is 2.10. The summed E-state index contributed by atoms with van der Waals surface area (Å²) in [6.45, 7) is 6.57. The van der Waals surface area contributed by atoms with Gasteiger partial charge in [-0.3, -0.25) is 0 Å². The Balaban J connectivity index is 2.56. The smallest absolute Gasteiger partial charge is 0.214 e. The van der Waals surface area contributed by atoms with Gasteiger partial charge >= 0.3 is 0 Å². The number of rotatable bonds is 6. The third-order valence-corrected chi connectivity index (χ3v) is 2.94. The second-order valence-electron chi connectivity index (χ2n) is 4.34. The van der Waals surface area contributed by atoms with Gasteiger partial charge in [0.05, 0.1) is 0 Å². The predicted molar refractivity (Wildman–Crippen MR) is 66.0 cm³/mol. The van der Waals surface area contributed by atoms with Crippen molar-refractivity contribution in [2.45, 2.75) is 46.1 Å². The first-order valence-corrected chi connectivity index (χ1v) is 6.04. The number of hydrogen-bond donors (Lipinski definition) is 1. The number of nitrogens with one attached hydrogen (secondary N) is 1. The Bertz CT molecular complexity index is 315. The summed E-state index contributed by atoms with van der Waals surface area (Å²) in [5.41, 5.74) is 0. The zero-order valence-electron chi connectivity index (χ0n) is 10.3. The van der Waals surface area contributed by atoms with Gasteiger partial charge in [-0.25, -0.2) is 4.98 Å². The van der Waals surface area contributed by atoms with Gasteiger partial charge in [0.1, 0.15) is 5.82 Å². The van der Waals surface area contributed by atoms with Crippen LogP contribution < -0.4 is 5.32 Å². The fourth-order valence-electron chi connectivity index (χ4n) is 1.68. The van der Waals surface area contributed by atoms with Gasteiger partial charge in [0.25, 0.3) is 0 Å². The summed E-state index contributed by atoms with van der Waals surface area (Å²) in [6.07, 6.45) is 3.31. The summed E-state index contributed by atoms with van der Waals surface area (Å²) >= 11 is 0.